The van der Waals surface area contributed by atoms with Crippen LogP contribution in [0.15, 0.2) is 91.1 Å². The molecule has 0 atom stereocenters. The number of nitrogens with zero attached hydrogens (tertiary/aromatic N) is 4. The van der Waals surface area contributed by atoms with Crippen molar-refractivity contribution in [3.63, 3.8) is 0 Å². The molecular weight excluding hydrogens is 500 g/mol. The molecule has 0 unspecified atom stereocenters. The van der Waals surface area contributed by atoms with Crippen LogP contribution in [-0.2, 0) is 0 Å². The molecule has 6 aromatic rings. The standard InChI is InChI=1S/C32H30N6O2/c1-38(2)15-16-40-30-18-26-28(19-29(30)39-3)35-31(23-11-9-22(10-12-23)21-7-5-4-6-8-21)36-32(26)34-25-13-14-27-24(17-25)20-33-37-27/h4-14,17-20H,15-16H2,1-3H3,(H,33,37)(H,34,35,36). The number of hydrogen-bond acceptors (Lipinski definition) is 7. The van der Waals surface area contributed by atoms with Gasteiger partial charge in [-0.3, -0.25) is 5.10 Å². The van der Waals surface area contributed by atoms with Gasteiger partial charge in [0.15, 0.2) is 17.3 Å². The normalized spacial score (nSPS) is 11.3. The number of benzene rings is 4. The van der Waals surface area contributed by atoms with Gasteiger partial charge in [0.1, 0.15) is 12.4 Å². The summed E-state index contributed by atoms with van der Waals surface area (Å²) < 4.78 is 11.8. The zero-order valence-corrected chi connectivity index (χ0v) is 22.7. The highest BCUT2D eigenvalue weighted by Crippen LogP contribution is 2.37. The van der Waals surface area contributed by atoms with Crippen LogP contribution in [0.3, 0.4) is 0 Å². The van der Waals surface area contributed by atoms with Crippen LogP contribution in [0, 0.1) is 0 Å². The Bertz CT molecular complexity index is 1760. The summed E-state index contributed by atoms with van der Waals surface area (Å²) in [4.78, 5) is 12.0. The Hall–Kier alpha value is -4.95. The minimum absolute atomic E-state index is 0.529. The predicted octanol–water partition coefficient (Wildman–Crippen LogP) is 6.53. The minimum Gasteiger partial charge on any atom is -0.493 e. The van der Waals surface area contributed by atoms with Crippen molar-refractivity contribution in [1.29, 1.82) is 0 Å². The fraction of sp³-hybridized carbons (Fsp3) is 0.156. The lowest BCUT2D eigenvalue weighted by molar-refractivity contribution is 0.251. The van der Waals surface area contributed by atoms with E-state index in [0.29, 0.717) is 29.7 Å². The first-order chi connectivity index (χ1) is 19.6. The van der Waals surface area contributed by atoms with Gasteiger partial charge in [-0.2, -0.15) is 5.10 Å². The maximum atomic E-state index is 6.11. The number of hydrogen-bond donors (Lipinski definition) is 2. The van der Waals surface area contributed by atoms with E-state index in [0.717, 1.165) is 50.7 Å². The van der Waals surface area contributed by atoms with Gasteiger partial charge in [0, 0.05) is 34.6 Å². The first-order valence-electron chi connectivity index (χ1n) is 13.1. The second-order valence-corrected chi connectivity index (χ2v) is 9.81. The van der Waals surface area contributed by atoms with E-state index in [2.05, 4.69) is 56.8 Å². The zero-order chi connectivity index (χ0) is 27.5. The summed E-state index contributed by atoms with van der Waals surface area (Å²) in [6.07, 6.45) is 1.81. The molecule has 0 aliphatic heterocycles. The molecule has 2 aromatic heterocycles. The number of ether oxygens (including phenoxy) is 2. The highest BCUT2D eigenvalue weighted by atomic mass is 16.5. The fourth-order valence-corrected chi connectivity index (χ4v) is 4.57. The van der Waals surface area contributed by atoms with Crippen LogP contribution < -0.4 is 14.8 Å². The van der Waals surface area contributed by atoms with Gasteiger partial charge in [0.05, 0.1) is 24.3 Å². The van der Waals surface area contributed by atoms with Crippen molar-refractivity contribution in [2.24, 2.45) is 0 Å². The van der Waals surface area contributed by atoms with E-state index in [1.807, 2.05) is 62.6 Å². The van der Waals surface area contributed by atoms with Gasteiger partial charge in [-0.25, -0.2) is 9.97 Å². The largest absolute Gasteiger partial charge is 0.493 e. The maximum absolute atomic E-state index is 6.11. The second kappa shape index (κ2) is 11.0. The summed E-state index contributed by atoms with van der Waals surface area (Å²) in [5.74, 6) is 2.56. The number of rotatable bonds is 9. The maximum Gasteiger partial charge on any atom is 0.162 e. The van der Waals surface area contributed by atoms with Gasteiger partial charge < -0.3 is 19.7 Å². The van der Waals surface area contributed by atoms with Gasteiger partial charge in [0.2, 0.25) is 0 Å². The third kappa shape index (κ3) is 5.30. The van der Waals surface area contributed by atoms with Crippen molar-refractivity contribution < 1.29 is 9.47 Å². The lowest BCUT2D eigenvalue weighted by Gasteiger charge is -2.16. The molecule has 0 spiro atoms. The average Bonchev–Trinajstić information content (AvgIpc) is 3.45. The van der Waals surface area contributed by atoms with E-state index in [4.69, 9.17) is 19.4 Å². The van der Waals surface area contributed by atoms with Crippen molar-refractivity contribution in [1.82, 2.24) is 25.1 Å². The quantitative estimate of drug-likeness (QED) is 0.220. The molecule has 200 valence electrons. The van der Waals surface area contributed by atoms with E-state index < -0.39 is 0 Å². The Morgan fingerprint density at radius 3 is 2.38 bits per heavy atom. The van der Waals surface area contributed by atoms with Crippen molar-refractivity contribution in [3.05, 3.63) is 91.1 Å². The number of anilines is 2. The highest BCUT2D eigenvalue weighted by molar-refractivity contribution is 5.95. The summed E-state index contributed by atoms with van der Waals surface area (Å²) in [7, 11) is 5.67. The average molecular weight is 531 g/mol. The molecule has 0 aliphatic carbocycles. The molecule has 6 rings (SSSR count). The van der Waals surface area contributed by atoms with Crippen molar-refractivity contribution in [3.8, 4) is 34.0 Å². The van der Waals surface area contributed by atoms with Crippen LogP contribution in [0.1, 0.15) is 0 Å². The Labute approximate surface area is 232 Å². The lowest BCUT2D eigenvalue weighted by Crippen LogP contribution is -2.19. The second-order valence-electron chi connectivity index (χ2n) is 9.81. The molecule has 40 heavy (non-hydrogen) atoms. The van der Waals surface area contributed by atoms with Crippen LogP contribution in [0.4, 0.5) is 11.5 Å². The topological polar surface area (TPSA) is 88.2 Å². The molecule has 0 saturated heterocycles. The molecule has 8 heteroatoms. The summed E-state index contributed by atoms with van der Waals surface area (Å²) in [5.41, 5.74) is 5.83. The molecular formula is C32H30N6O2. The smallest absolute Gasteiger partial charge is 0.162 e. The number of methoxy groups -OCH3 is 1. The highest BCUT2D eigenvalue weighted by Gasteiger charge is 2.16. The predicted molar refractivity (Wildman–Crippen MR) is 160 cm³/mol. The minimum atomic E-state index is 0.529. The summed E-state index contributed by atoms with van der Waals surface area (Å²) in [6.45, 7) is 1.31. The molecule has 0 saturated carbocycles. The zero-order valence-electron chi connectivity index (χ0n) is 22.7. The molecule has 8 nitrogen and oxygen atoms in total. The number of fused-ring (bicyclic) bond motifs is 2. The third-order valence-electron chi connectivity index (χ3n) is 6.73. The van der Waals surface area contributed by atoms with Crippen LogP contribution in [-0.4, -0.2) is 59.4 Å². The Kier molecular flexibility index (Phi) is 6.99. The molecule has 0 radical (unpaired) electrons. The van der Waals surface area contributed by atoms with Gasteiger partial charge in [-0.15, -0.1) is 0 Å². The van der Waals surface area contributed by atoms with Gasteiger partial charge in [-0.1, -0.05) is 54.6 Å². The molecule has 0 amide bonds. The summed E-state index contributed by atoms with van der Waals surface area (Å²) in [5, 5.41) is 12.5. The summed E-state index contributed by atoms with van der Waals surface area (Å²) in [6, 6.07) is 28.5. The van der Waals surface area contributed by atoms with Crippen LogP contribution >= 0.6 is 0 Å². The van der Waals surface area contributed by atoms with Crippen LogP contribution in [0.5, 0.6) is 11.5 Å². The molecule has 2 N–H and O–H groups in total. The van der Waals surface area contributed by atoms with Gasteiger partial charge in [0.25, 0.3) is 0 Å². The van der Waals surface area contributed by atoms with Gasteiger partial charge >= 0.3 is 0 Å². The summed E-state index contributed by atoms with van der Waals surface area (Å²) >= 11 is 0. The van der Waals surface area contributed by atoms with Crippen molar-refractivity contribution >= 4 is 33.3 Å². The molecule has 4 aromatic carbocycles. The Balaban J connectivity index is 1.43. The Morgan fingerprint density at radius 2 is 1.60 bits per heavy atom. The fourth-order valence-electron chi connectivity index (χ4n) is 4.57. The first kappa shape index (κ1) is 25.3. The number of aromatic nitrogens is 4. The van der Waals surface area contributed by atoms with E-state index in [1.165, 1.54) is 0 Å². The van der Waals surface area contributed by atoms with Crippen LogP contribution in [0.2, 0.25) is 0 Å². The number of likely N-dealkylation sites (N-methyl/N-ethyl adjacent to an activating group) is 1. The van der Waals surface area contributed by atoms with E-state index in [-0.39, 0.29) is 0 Å². The number of H-pyrrole nitrogens is 1. The SMILES string of the molecule is COc1cc2nc(-c3ccc(-c4ccccc4)cc3)nc(Nc3ccc4[nH]ncc4c3)c2cc1OCCN(C)C. The lowest BCUT2D eigenvalue weighted by atomic mass is 10.0. The third-order valence-corrected chi connectivity index (χ3v) is 6.73. The van der Waals surface area contributed by atoms with Crippen LogP contribution in [0.25, 0.3) is 44.3 Å². The molecule has 0 aliphatic rings. The Morgan fingerprint density at radius 1 is 0.825 bits per heavy atom. The van der Waals surface area contributed by atoms with Crippen molar-refractivity contribution in [2.75, 3.05) is 39.7 Å². The molecule has 2 heterocycles. The van der Waals surface area contributed by atoms with Crippen molar-refractivity contribution in [2.45, 2.75) is 0 Å². The van der Waals surface area contributed by atoms with Gasteiger partial charge in [-0.05, 0) is 49.5 Å². The van der Waals surface area contributed by atoms with E-state index in [9.17, 15) is 0 Å². The molecule has 0 bridgehead atoms. The van der Waals surface area contributed by atoms with E-state index >= 15 is 0 Å². The number of nitrogens with one attached hydrogen (secondary N) is 2. The number of aromatic amines is 1. The molecule has 0 fully saturated rings. The monoisotopic (exact) mass is 530 g/mol. The van der Waals surface area contributed by atoms with E-state index in [1.54, 1.807) is 13.3 Å². The first-order valence-corrected chi connectivity index (χ1v) is 13.1.